The van der Waals surface area contributed by atoms with Crippen molar-refractivity contribution < 1.29 is 9.53 Å². The number of aromatic nitrogens is 4. The van der Waals surface area contributed by atoms with Gasteiger partial charge in [0.25, 0.3) is 0 Å². The minimum atomic E-state index is -0.466. The molecule has 0 spiro atoms. The predicted molar refractivity (Wildman–Crippen MR) is 93.7 cm³/mol. The van der Waals surface area contributed by atoms with E-state index in [-0.39, 0.29) is 18.1 Å². The first-order chi connectivity index (χ1) is 11.8. The van der Waals surface area contributed by atoms with Crippen LogP contribution in [-0.2, 0) is 4.74 Å². The molecule has 25 heavy (non-hydrogen) atoms. The fourth-order valence-corrected chi connectivity index (χ4v) is 2.81. The zero-order valence-electron chi connectivity index (χ0n) is 14.8. The van der Waals surface area contributed by atoms with Crippen LogP contribution >= 0.6 is 0 Å². The molecule has 0 aliphatic carbocycles. The van der Waals surface area contributed by atoms with Crippen molar-refractivity contribution in [1.82, 2.24) is 24.6 Å². The highest BCUT2D eigenvalue weighted by Crippen LogP contribution is 2.26. The molecule has 0 aromatic carbocycles. The van der Waals surface area contributed by atoms with Crippen LogP contribution in [0.1, 0.15) is 39.7 Å². The predicted octanol–water partition coefficient (Wildman–Crippen LogP) is 2.49. The molecule has 1 aliphatic rings. The first-order valence-corrected chi connectivity index (χ1v) is 8.42. The van der Waals surface area contributed by atoms with Crippen molar-refractivity contribution in [2.24, 2.45) is 0 Å². The number of carbonyl (C=O) groups is 1. The lowest BCUT2D eigenvalue weighted by Crippen LogP contribution is -2.42. The van der Waals surface area contributed by atoms with E-state index in [4.69, 9.17) is 10.5 Å². The number of anilines is 1. The van der Waals surface area contributed by atoms with E-state index in [1.165, 1.54) is 0 Å². The second-order valence-corrected chi connectivity index (χ2v) is 7.24. The minimum absolute atomic E-state index is 0.244. The molecule has 134 valence electrons. The molecule has 0 saturated carbocycles. The van der Waals surface area contributed by atoms with Gasteiger partial charge in [-0.25, -0.2) is 14.8 Å². The van der Waals surface area contributed by atoms with Gasteiger partial charge in [0.2, 0.25) is 5.95 Å². The van der Waals surface area contributed by atoms with E-state index in [0.29, 0.717) is 13.1 Å². The van der Waals surface area contributed by atoms with Gasteiger partial charge in [-0.2, -0.15) is 5.10 Å². The van der Waals surface area contributed by atoms with Gasteiger partial charge in [0.1, 0.15) is 5.60 Å². The van der Waals surface area contributed by atoms with Crippen LogP contribution in [0.15, 0.2) is 24.8 Å². The van der Waals surface area contributed by atoms with Gasteiger partial charge in [-0.15, -0.1) is 0 Å². The smallest absolute Gasteiger partial charge is 0.410 e. The van der Waals surface area contributed by atoms with Crippen LogP contribution in [0.5, 0.6) is 0 Å². The number of hydrogen-bond acceptors (Lipinski definition) is 6. The topological polar surface area (TPSA) is 99.2 Å². The van der Waals surface area contributed by atoms with Crippen molar-refractivity contribution in [2.75, 3.05) is 18.8 Å². The molecule has 0 radical (unpaired) electrons. The molecule has 1 fully saturated rings. The molecule has 8 nitrogen and oxygen atoms in total. The van der Waals surface area contributed by atoms with E-state index in [1.807, 2.05) is 31.6 Å². The molecule has 0 unspecified atom stereocenters. The minimum Gasteiger partial charge on any atom is -0.444 e. The fourth-order valence-electron chi connectivity index (χ4n) is 2.81. The maximum atomic E-state index is 12.1. The summed E-state index contributed by atoms with van der Waals surface area (Å²) in [4.78, 5) is 21.9. The fraction of sp³-hybridized carbons (Fsp3) is 0.529. The number of ether oxygens (including phenoxy) is 1. The second kappa shape index (κ2) is 6.70. The number of carbonyl (C=O) groups excluding carboxylic acids is 1. The summed E-state index contributed by atoms with van der Waals surface area (Å²) in [5.41, 5.74) is 6.89. The Bertz CT molecular complexity index is 726. The van der Waals surface area contributed by atoms with Crippen LogP contribution < -0.4 is 5.73 Å². The molecule has 0 atom stereocenters. The Hall–Kier alpha value is -2.64. The molecule has 3 heterocycles. The lowest BCUT2D eigenvalue weighted by Gasteiger charge is -2.33. The van der Waals surface area contributed by atoms with Crippen LogP contribution in [0.4, 0.5) is 10.7 Å². The molecule has 1 saturated heterocycles. The molecule has 8 heteroatoms. The molecule has 1 aliphatic heterocycles. The van der Waals surface area contributed by atoms with Gasteiger partial charge in [0.05, 0.1) is 12.2 Å². The third-order valence-electron chi connectivity index (χ3n) is 4.10. The standard InChI is InChI=1S/C17H24N6O2/c1-17(2,3)25-16(24)22-6-4-14(5-7-22)23-11-13(10-21-23)12-8-19-15(18)20-9-12/h8-11,14H,4-7H2,1-3H3,(H2,18,19,20). The number of piperidine rings is 1. The molecule has 1 amide bonds. The summed E-state index contributed by atoms with van der Waals surface area (Å²) in [6.45, 7) is 6.97. The first-order valence-electron chi connectivity index (χ1n) is 8.42. The summed E-state index contributed by atoms with van der Waals surface area (Å²) >= 11 is 0. The lowest BCUT2D eigenvalue weighted by molar-refractivity contribution is 0.0185. The van der Waals surface area contributed by atoms with Crippen LogP contribution in [0.25, 0.3) is 11.1 Å². The second-order valence-electron chi connectivity index (χ2n) is 7.24. The third-order valence-corrected chi connectivity index (χ3v) is 4.10. The number of rotatable bonds is 2. The van der Waals surface area contributed by atoms with E-state index in [9.17, 15) is 4.79 Å². The summed E-state index contributed by atoms with van der Waals surface area (Å²) in [5, 5.41) is 4.46. The highest BCUT2D eigenvalue weighted by Gasteiger charge is 2.27. The zero-order valence-corrected chi connectivity index (χ0v) is 14.8. The van der Waals surface area contributed by atoms with E-state index < -0.39 is 5.60 Å². The van der Waals surface area contributed by atoms with Crippen molar-refractivity contribution >= 4 is 12.0 Å². The Balaban J connectivity index is 1.60. The summed E-state index contributed by atoms with van der Waals surface area (Å²) in [6.07, 6.45) is 8.62. The quantitative estimate of drug-likeness (QED) is 0.898. The van der Waals surface area contributed by atoms with Crippen LogP contribution in [0.3, 0.4) is 0 Å². The average Bonchev–Trinajstić information content (AvgIpc) is 3.04. The monoisotopic (exact) mass is 344 g/mol. The number of likely N-dealkylation sites (tertiary alicyclic amines) is 1. The van der Waals surface area contributed by atoms with Gasteiger partial charge >= 0.3 is 6.09 Å². The maximum absolute atomic E-state index is 12.1. The Morgan fingerprint density at radius 2 is 1.80 bits per heavy atom. The summed E-state index contributed by atoms with van der Waals surface area (Å²) < 4.78 is 7.39. The van der Waals surface area contributed by atoms with E-state index >= 15 is 0 Å². The van der Waals surface area contributed by atoms with E-state index in [1.54, 1.807) is 23.5 Å². The van der Waals surface area contributed by atoms with Crippen LogP contribution in [0, 0.1) is 0 Å². The van der Waals surface area contributed by atoms with Gasteiger partial charge in [-0.3, -0.25) is 4.68 Å². The Kier molecular flexibility index (Phi) is 4.61. The molecule has 0 bridgehead atoms. The van der Waals surface area contributed by atoms with E-state index in [2.05, 4.69) is 15.1 Å². The summed E-state index contributed by atoms with van der Waals surface area (Å²) in [5.74, 6) is 0.255. The number of nitrogens with two attached hydrogens (primary N) is 1. The lowest BCUT2D eigenvalue weighted by atomic mass is 10.1. The Labute approximate surface area is 147 Å². The highest BCUT2D eigenvalue weighted by atomic mass is 16.6. The highest BCUT2D eigenvalue weighted by molar-refractivity contribution is 5.68. The number of amides is 1. The van der Waals surface area contributed by atoms with Gasteiger partial charge in [0.15, 0.2) is 0 Å². The average molecular weight is 344 g/mol. The van der Waals surface area contributed by atoms with Gasteiger partial charge < -0.3 is 15.4 Å². The van der Waals surface area contributed by atoms with Gasteiger partial charge in [-0.05, 0) is 33.6 Å². The maximum Gasteiger partial charge on any atom is 0.410 e. The summed E-state index contributed by atoms with van der Waals surface area (Å²) in [6, 6.07) is 0.266. The van der Waals surface area contributed by atoms with Gasteiger partial charge in [0, 0.05) is 42.8 Å². The zero-order chi connectivity index (χ0) is 18.0. The number of nitrogen functional groups attached to an aromatic ring is 1. The normalized spacial score (nSPS) is 16.0. The van der Waals surface area contributed by atoms with Crippen molar-refractivity contribution in [2.45, 2.75) is 45.3 Å². The van der Waals surface area contributed by atoms with Crippen molar-refractivity contribution in [3.8, 4) is 11.1 Å². The number of hydrogen-bond donors (Lipinski definition) is 1. The molecular formula is C17H24N6O2. The number of nitrogens with zero attached hydrogens (tertiary/aromatic N) is 5. The van der Waals surface area contributed by atoms with Crippen molar-refractivity contribution in [3.05, 3.63) is 24.8 Å². The van der Waals surface area contributed by atoms with Crippen LogP contribution in [-0.4, -0.2) is 49.4 Å². The Morgan fingerprint density at radius 1 is 1.16 bits per heavy atom. The SMILES string of the molecule is CC(C)(C)OC(=O)N1CCC(n2cc(-c3cnc(N)nc3)cn2)CC1. The largest absolute Gasteiger partial charge is 0.444 e. The van der Waals surface area contributed by atoms with Crippen LogP contribution in [0.2, 0.25) is 0 Å². The third kappa shape index (κ3) is 4.26. The molecule has 2 N–H and O–H groups in total. The van der Waals surface area contributed by atoms with Gasteiger partial charge in [-0.1, -0.05) is 0 Å². The molecule has 3 rings (SSSR count). The first kappa shape index (κ1) is 17.2. The molecule has 2 aromatic rings. The molecule has 2 aromatic heterocycles. The Morgan fingerprint density at radius 3 is 2.40 bits per heavy atom. The summed E-state index contributed by atoms with van der Waals surface area (Å²) in [7, 11) is 0. The van der Waals surface area contributed by atoms with E-state index in [0.717, 1.165) is 24.0 Å². The molecular weight excluding hydrogens is 320 g/mol. The van der Waals surface area contributed by atoms with Crippen molar-refractivity contribution in [1.29, 1.82) is 0 Å². The van der Waals surface area contributed by atoms with Crippen molar-refractivity contribution in [3.63, 3.8) is 0 Å².